The number of thiophene rings is 1. The van der Waals surface area contributed by atoms with Crippen LogP contribution in [0.15, 0.2) is 35.7 Å². The van der Waals surface area contributed by atoms with E-state index in [1.54, 1.807) is 0 Å². The van der Waals surface area contributed by atoms with E-state index >= 15 is 0 Å². The molecular formula is C23H33N4O3S+. The number of hydrogen-bond acceptors (Lipinski definition) is 4. The van der Waals surface area contributed by atoms with E-state index in [2.05, 4.69) is 16.0 Å². The molecule has 8 heteroatoms. The highest BCUT2D eigenvalue weighted by atomic mass is 32.1. The molecule has 0 spiro atoms. The van der Waals surface area contributed by atoms with Gasteiger partial charge in [0, 0.05) is 12.1 Å². The van der Waals surface area contributed by atoms with E-state index in [0.717, 1.165) is 11.1 Å². The van der Waals surface area contributed by atoms with E-state index in [4.69, 9.17) is 0 Å². The van der Waals surface area contributed by atoms with Crippen LogP contribution < -0.4 is 16.0 Å². The molecule has 1 aromatic carbocycles. The highest BCUT2D eigenvalue weighted by Crippen LogP contribution is 2.28. The van der Waals surface area contributed by atoms with Crippen LogP contribution in [-0.2, 0) is 16.1 Å². The van der Waals surface area contributed by atoms with Gasteiger partial charge in [-0.15, -0.1) is 11.3 Å². The molecule has 0 saturated carbocycles. The number of carbonyl (C=O) groups excluding carboxylic acids is 3. The third-order valence-corrected chi connectivity index (χ3v) is 5.51. The number of nitrogens with one attached hydrogen (secondary N) is 3. The SMILES string of the molecule is Cc1csc(C(=O)NC(C)(C)C)c1NC(=O)C[N+](C)(C)CC(=O)NCc1ccccc1. The molecule has 0 atom stereocenters. The highest BCUT2D eigenvalue weighted by molar-refractivity contribution is 7.13. The molecule has 2 rings (SSSR count). The average molecular weight is 446 g/mol. The van der Waals surface area contributed by atoms with Gasteiger partial charge in [0.25, 0.3) is 17.7 Å². The molecule has 3 amide bonds. The van der Waals surface area contributed by atoms with Gasteiger partial charge in [-0.3, -0.25) is 14.4 Å². The summed E-state index contributed by atoms with van der Waals surface area (Å²) >= 11 is 1.30. The van der Waals surface area contributed by atoms with Gasteiger partial charge < -0.3 is 20.4 Å². The van der Waals surface area contributed by atoms with Gasteiger partial charge in [-0.1, -0.05) is 30.3 Å². The molecule has 1 aromatic heterocycles. The van der Waals surface area contributed by atoms with Gasteiger partial charge in [-0.25, -0.2) is 0 Å². The van der Waals surface area contributed by atoms with Gasteiger partial charge in [-0.05, 0) is 44.2 Å². The van der Waals surface area contributed by atoms with Crippen LogP contribution >= 0.6 is 11.3 Å². The van der Waals surface area contributed by atoms with E-state index in [9.17, 15) is 14.4 Å². The summed E-state index contributed by atoms with van der Waals surface area (Å²) in [6.07, 6.45) is 0. The Morgan fingerprint density at radius 3 is 2.23 bits per heavy atom. The number of likely N-dealkylation sites (N-methyl/N-ethyl adjacent to an activating group) is 1. The Bertz CT molecular complexity index is 930. The second-order valence-corrected chi connectivity index (χ2v) is 10.3. The minimum Gasteiger partial charge on any atom is -0.347 e. The van der Waals surface area contributed by atoms with Crippen molar-refractivity contribution in [3.05, 3.63) is 51.7 Å². The smallest absolute Gasteiger partial charge is 0.279 e. The van der Waals surface area contributed by atoms with Crippen LogP contribution in [0.25, 0.3) is 0 Å². The lowest BCUT2D eigenvalue weighted by Gasteiger charge is -2.28. The Kier molecular flexibility index (Phi) is 7.97. The van der Waals surface area contributed by atoms with Crippen molar-refractivity contribution in [2.45, 2.75) is 39.8 Å². The molecule has 0 saturated heterocycles. The van der Waals surface area contributed by atoms with E-state index in [1.807, 2.05) is 77.5 Å². The summed E-state index contributed by atoms with van der Waals surface area (Å²) in [6, 6.07) is 9.68. The van der Waals surface area contributed by atoms with E-state index < -0.39 is 0 Å². The first-order valence-corrected chi connectivity index (χ1v) is 11.1. The lowest BCUT2D eigenvalue weighted by molar-refractivity contribution is -0.874. The van der Waals surface area contributed by atoms with Crippen molar-refractivity contribution in [3.8, 4) is 0 Å². The molecular weight excluding hydrogens is 412 g/mol. The van der Waals surface area contributed by atoms with E-state index in [0.29, 0.717) is 17.1 Å². The molecule has 0 radical (unpaired) electrons. The van der Waals surface area contributed by atoms with Crippen LogP contribution in [-0.4, -0.2) is 54.9 Å². The zero-order valence-corrected chi connectivity index (χ0v) is 20.0. The summed E-state index contributed by atoms with van der Waals surface area (Å²) in [5, 5.41) is 10.5. The van der Waals surface area contributed by atoms with Gasteiger partial charge in [0.1, 0.15) is 4.88 Å². The lowest BCUT2D eigenvalue weighted by Crippen LogP contribution is -2.51. The summed E-state index contributed by atoms with van der Waals surface area (Å²) in [4.78, 5) is 38.1. The van der Waals surface area contributed by atoms with Gasteiger partial charge in [0.15, 0.2) is 13.1 Å². The maximum Gasteiger partial charge on any atom is 0.279 e. The Morgan fingerprint density at radius 1 is 1.00 bits per heavy atom. The van der Waals surface area contributed by atoms with Crippen molar-refractivity contribution >= 4 is 34.7 Å². The highest BCUT2D eigenvalue weighted by Gasteiger charge is 2.26. The van der Waals surface area contributed by atoms with Gasteiger partial charge >= 0.3 is 0 Å². The first-order valence-electron chi connectivity index (χ1n) is 10.2. The minimum absolute atomic E-state index is 0.106. The maximum atomic E-state index is 12.7. The third kappa shape index (κ3) is 8.15. The second kappa shape index (κ2) is 10.1. The van der Waals surface area contributed by atoms with Crippen LogP contribution in [0.4, 0.5) is 5.69 Å². The molecule has 0 aliphatic carbocycles. The number of anilines is 1. The number of benzene rings is 1. The Morgan fingerprint density at radius 2 is 1.61 bits per heavy atom. The van der Waals surface area contributed by atoms with Crippen LogP contribution in [0.1, 0.15) is 41.6 Å². The zero-order chi connectivity index (χ0) is 23.2. The summed E-state index contributed by atoms with van der Waals surface area (Å²) < 4.78 is 0.194. The number of nitrogens with zero attached hydrogens (tertiary/aromatic N) is 1. The summed E-state index contributed by atoms with van der Waals surface area (Å²) in [6.45, 7) is 8.31. The van der Waals surface area contributed by atoms with E-state index in [1.165, 1.54) is 11.3 Å². The molecule has 3 N–H and O–H groups in total. The normalized spacial score (nSPS) is 11.7. The van der Waals surface area contributed by atoms with Crippen LogP contribution in [0.2, 0.25) is 0 Å². The quantitative estimate of drug-likeness (QED) is 0.546. The van der Waals surface area contributed by atoms with Crippen molar-refractivity contribution < 1.29 is 18.9 Å². The van der Waals surface area contributed by atoms with Gasteiger partial charge in [-0.2, -0.15) is 0 Å². The van der Waals surface area contributed by atoms with Crippen LogP contribution in [0.5, 0.6) is 0 Å². The molecule has 1 heterocycles. The van der Waals surface area contributed by atoms with Crippen molar-refractivity contribution in [2.75, 3.05) is 32.5 Å². The zero-order valence-electron chi connectivity index (χ0n) is 19.2. The molecule has 31 heavy (non-hydrogen) atoms. The number of hydrogen-bond donors (Lipinski definition) is 3. The third-order valence-electron chi connectivity index (χ3n) is 4.41. The number of aryl methyl sites for hydroxylation is 1. The molecule has 0 aliphatic rings. The number of amides is 3. The first kappa shape index (κ1) is 24.6. The maximum absolute atomic E-state index is 12.7. The first-order chi connectivity index (χ1) is 14.4. The van der Waals surface area contributed by atoms with Crippen LogP contribution in [0, 0.1) is 6.92 Å². The average Bonchev–Trinajstić information content (AvgIpc) is 2.99. The Balaban J connectivity index is 1.94. The molecule has 0 bridgehead atoms. The predicted molar refractivity (Wildman–Crippen MR) is 125 cm³/mol. The largest absolute Gasteiger partial charge is 0.347 e. The summed E-state index contributed by atoms with van der Waals surface area (Å²) in [5.41, 5.74) is 2.02. The minimum atomic E-state index is -0.373. The molecule has 2 aromatic rings. The topological polar surface area (TPSA) is 87.3 Å². The number of rotatable bonds is 8. The van der Waals surface area contributed by atoms with Crippen molar-refractivity contribution in [1.29, 1.82) is 0 Å². The molecule has 0 fully saturated rings. The summed E-state index contributed by atoms with van der Waals surface area (Å²) in [5.74, 6) is -0.583. The van der Waals surface area contributed by atoms with Gasteiger partial charge in [0.2, 0.25) is 0 Å². The van der Waals surface area contributed by atoms with Crippen molar-refractivity contribution in [1.82, 2.24) is 10.6 Å². The lowest BCUT2D eigenvalue weighted by atomic mass is 10.1. The molecule has 7 nitrogen and oxygen atoms in total. The van der Waals surface area contributed by atoms with Gasteiger partial charge in [0.05, 0.1) is 19.8 Å². The predicted octanol–water partition coefficient (Wildman–Crippen LogP) is 2.92. The fourth-order valence-electron chi connectivity index (χ4n) is 3.03. The number of quaternary nitrogens is 1. The molecule has 0 aliphatic heterocycles. The van der Waals surface area contributed by atoms with Crippen molar-refractivity contribution in [3.63, 3.8) is 0 Å². The molecule has 168 valence electrons. The van der Waals surface area contributed by atoms with Crippen LogP contribution in [0.3, 0.4) is 0 Å². The monoisotopic (exact) mass is 445 g/mol. The second-order valence-electron chi connectivity index (χ2n) is 9.39. The summed E-state index contributed by atoms with van der Waals surface area (Å²) in [7, 11) is 3.66. The fraction of sp³-hybridized carbons (Fsp3) is 0.435. The standard InChI is InChI=1S/C23H32N4O3S/c1-16-15-31-21(22(30)26-23(2,3)4)20(16)25-19(29)14-27(5,6)13-18(28)24-12-17-10-8-7-9-11-17/h7-11,15H,12-14H2,1-6H3,(H2-,24,25,26,28,29,30)/p+1. The molecule has 0 unspecified atom stereocenters. The van der Waals surface area contributed by atoms with E-state index in [-0.39, 0.29) is 40.8 Å². The Labute approximate surface area is 188 Å². The fourth-order valence-corrected chi connectivity index (χ4v) is 3.93. The number of carbonyl (C=O) groups is 3. The Hall–Kier alpha value is -2.71. The van der Waals surface area contributed by atoms with Crippen molar-refractivity contribution in [2.24, 2.45) is 0 Å².